The fraction of sp³-hybridized carbons (Fsp3) is 0.364. The van der Waals surface area contributed by atoms with Gasteiger partial charge < -0.3 is 15.7 Å². The Morgan fingerprint density at radius 2 is 2.40 bits per heavy atom. The van der Waals surface area contributed by atoms with Gasteiger partial charge in [-0.1, -0.05) is 6.07 Å². The zero-order chi connectivity index (χ0) is 10.8. The number of anilines is 2. The van der Waals surface area contributed by atoms with E-state index in [1.807, 2.05) is 18.2 Å². The molecule has 0 bridgehead atoms. The van der Waals surface area contributed by atoms with E-state index in [0.717, 1.165) is 16.9 Å². The van der Waals surface area contributed by atoms with Crippen LogP contribution in [0.5, 0.6) is 0 Å². The zero-order valence-corrected chi connectivity index (χ0v) is 8.58. The normalized spacial score (nSPS) is 18.9. The molecule has 1 aliphatic rings. The summed E-state index contributed by atoms with van der Waals surface area (Å²) in [6.45, 7) is 2.04. The van der Waals surface area contributed by atoms with Gasteiger partial charge in [0.2, 0.25) is 5.91 Å². The number of benzene rings is 1. The lowest BCUT2D eigenvalue weighted by atomic mass is 9.99. The molecule has 80 valence electrons. The monoisotopic (exact) mass is 206 g/mol. The van der Waals surface area contributed by atoms with Crippen molar-refractivity contribution in [2.24, 2.45) is 0 Å². The van der Waals surface area contributed by atoms with E-state index in [4.69, 9.17) is 0 Å². The van der Waals surface area contributed by atoms with Crippen LogP contribution in [0.1, 0.15) is 12.5 Å². The second-order valence-corrected chi connectivity index (χ2v) is 3.75. The molecule has 3 N–H and O–H groups in total. The van der Waals surface area contributed by atoms with Gasteiger partial charge in [-0.25, -0.2) is 0 Å². The number of aliphatic hydroxyl groups is 1. The lowest BCUT2D eigenvalue weighted by Crippen LogP contribution is -2.28. The summed E-state index contributed by atoms with van der Waals surface area (Å²) in [6, 6.07) is 5.68. The molecule has 1 atom stereocenters. The summed E-state index contributed by atoms with van der Waals surface area (Å²) in [5, 5.41) is 15.4. The molecule has 1 aliphatic heterocycles. The smallest absolute Gasteiger partial charge is 0.221 e. The summed E-state index contributed by atoms with van der Waals surface area (Å²) in [5.74, 6) is -0.0940. The average molecular weight is 206 g/mol. The minimum Gasteiger partial charge on any atom is -0.391 e. The lowest BCUT2D eigenvalue weighted by Gasteiger charge is -2.24. The van der Waals surface area contributed by atoms with E-state index in [9.17, 15) is 9.90 Å². The minimum absolute atomic E-state index is 0.0940. The number of carbonyl (C=O) groups is 1. The standard InChI is InChI=1S/C11H14N2O2/c1-7(14)13-11-4-2-3-10-9(11)5-8(15)6-12-10/h2-4,8,12,15H,5-6H2,1H3,(H,13,14). The van der Waals surface area contributed by atoms with Crippen LogP contribution in [-0.2, 0) is 11.2 Å². The number of hydrogen-bond acceptors (Lipinski definition) is 3. The van der Waals surface area contributed by atoms with Gasteiger partial charge in [-0.3, -0.25) is 4.79 Å². The van der Waals surface area contributed by atoms with Crippen LogP contribution in [-0.4, -0.2) is 23.7 Å². The lowest BCUT2D eigenvalue weighted by molar-refractivity contribution is -0.114. The quantitative estimate of drug-likeness (QED) is 0.641. The van der Waals surface area contributed by atoms with Crippen molar-refractivity contribution in [3.05, 3.63) is 23.8 Å². The first-order valence-electron chi connectivity index (χ1n) is 4.98. The van der Waals surface area contributed by atoms with Crippen molar-refractivity contribution in [3.63, 3.8) is 0 Å². The highest BCUT2D eigenvalue weighted by molar-refractivity contribution is 5.90. The number of amides is 1. The van der Waals surface area contributed by atoms with Crippen LogP contribution in [0.25, 0.3) is 0 Å². The molecule has 1 aromatic rings. The Morgan fingerprint density at radius 1 is 1.60 bits per heavy atom. The van der Waals surface area contributed by atoms with E-state index < -0.39 is 0 Å². The third-order valence-electron chi connectivity index (χ3n) is 2.45. The highest BCUT2D eigenvalue weighted by Crippen LogP contribution is 2.28. The van der Waals surface area contributed by atoms with Crippen molar-refractivity contribution in [2.45, 2.75) is 19.4 Å². The maximum absolute atomic E-state index is 11.0. The van der Waals surface area contributed by atoms with Crippen LogP contribution in [0.3, 0.4) is 0 Å². The van der Waals surface area contributed by atoms with Crippen molar-refractivity contribution in [2.75, 3.05) is 17.2 Å². The van der Waals surface area contributed by atoms with Crippen LogP contribution in [0.15, 0.2) is 18.2 Å². The second kappa shape index (κ2) is 3.90. The number of β-amino-alcohol motifs (C(OH)–C–C–N with tert-alkyl or cyclic N) is 1. The molecule has 4 heteroatoms. The van der Waals surface area contributed by atoms with Crippen molar-refractivity contribution in [1.82, 2.24) is 0 Å². The van der Waals surface area contributed by atoms with Gasteiger partial charge in [0.1, 0.15) is 0 Å². The molecule has 1 aromatic carbocycles. The number of aliphatic hydroxyl groups excluding tert-OH is 1. The number of hydrogen-bond donors (Lipinski definition) is 3. The Balaban J connectivity index is 2.35. The predicted octanol–water partition coefficient (Wildman–Crippen LogP) is 0.974. The Hall–Kier alpha value is -1.55. The maximum Gasteiger partial charge on any atom is 0.221 e. The van der Waals surface area contributed by atoms with Gasteiger partial charge in [-0.05, 0) is 12.1 Å². The Bertz CT molecular complexity index is 390. The molecule has 1 amide bonds. The fourth-order valence-corrected chi connectivity index (χ4v) is 1.81. The Kier molecular flexibility index (Phi) is 2.60. The van der Waals surface area contributed by atoms with Gasteiger partial charge in [0.25, 0.3) is 0 Å². The van der Waals surface area contributed by atoms with E-state index >= 15 is 0 Å². The molecule has 1 unspecified atom stereocenters. The summed E-state index contributed by atoms with van der Waals surface area (Å²) in [5.41, 5.74) is 2.75. The van der Waals surface area contributed by atoms with Gasteiger partial charge in [0.15, 0.2) is 0 Å². The largest absolute Gasteiger partial charge is 0.391 e. The first-order chi connectivity index (χ1) is 7.16. The average Bonchev–Trinajstić information content (AvgIpc) is 2.18. The summed E-state index contributed by atoms with van der Waals surface area (Å²) >= 11 is 0. The summed E-state index contributed by atoms with van der Waals surface area (Å²) in [7, 11) is 0. The third kappa shape index (κ3) is 2.10. The van der Waals surface area contributed by atoms with Gasteiger partial charge in [0.05, 0.1) is 6.10 Å². The SMILES string of the molecule is CC(=O)Nc1cccc2c1CC(O)CN2. The highest BCUT2D eigenvalue weighted by Gasteiger charge is 2.18. The van der Waals surface area contributed by atoms with Crippen LogP contribution < -0.4 is 10.6 Å². The van der Waals surface area contributed by atoms with Crippen LogP contribution >= 0.6 is 0 Å². The number of carbonyl (C=O) groups excluding carboxylic acids is 1. The second-order valence-electron chi connectivity index (χ2n) is 3.75. The zero-order valence-electron chi connectivity index (χ0n) is 8.58. The predicted molar refractivity (Wildman–Crippen MR) is 58.9 cm³/mol. The summed E-state index contributed by atoms with van der Waals surface area (Å²) in [6.07, 6.45) is 0.200. The van der Waals surface area contributed by atoms with Crippen molar-refractivity contribution < 1.29 is 9.90 Å². The molecule has 0 aromatic heterocycles. The maximum atomic E-state index is 11.0. The van der Waals surface area contributed by atoms with E-state index in [1.54, 1.807) is 0 Å². The van der Waals surface area contributed by atoms with E-state index in [-0.39, 0.29) is 12.0 Å². The third-order valence-corrected chi connectivity index (χ3v) is 2.45. The molecular weight excluding hydrogens is 192 g/mol. The topological polar surface area (TPSA) is 61.4 Å². The molecule has 0 fully saturated rings. The molecule has 0 spiro atoms. The van der Waals surface area contributed by atoms with Crippen LogP contribution in [0, 0.1) is 0 Å². The Morgan fingerprint density at radius 3 is 3.13 bits per heavy atom. The molecule has 0 aliphatic carbocycles. The van der Waals surface area contributed by atoms with Gasteiger partial charge in [-0.2, -0.15) is 0 Å². The molecule has 1 heterocycles. The molecule has 0 radical (unpaired) electrons. The van der Waals surface area contributed by atoms with Crippen LogP contribution in [0.2, 0.25) is 0 Å². The summed E-state index contributed by atoms with van der Waals surface area (Å²) < 4.78 is 0. The molecule has 4 nitrogen and oxygen atoms in total. The fourth-order valence-electron chi connectivity index (χ4n) is 1.81. The van der Waals surface area contributed by atoms with E-state index in [1.165, 1.54) is 6.92 Å². The number of fused-ring (bicyclic) bond motifs is 1. The van der Waals surface area contributed by atoms with Crippen molar-refractivity contribution in [1.29, 1.82) is 0 Å². The van der Waals surface area contributed by atoms with Crippen molar-refractivity contribution in [3.8, 4) is 0 Å². The minimum atomic E-state index is -0.382. The highest BCUT2D eigenvalue weighted by atomic mass is 16.3. The number of nitrogens with one attached hydrogen (secondary N) is 2. The molecular formula is C11H14N2O2. The Labute approximate surface area is 88.3 Å². The molecule has 2 rings (SSSR count). The first kappa shape index (κ1) is 9.98. The van der Waals surface area contributed by atoms with Gasteiger partial charge in [-0.15, -0.1) is 0 Å². The molecule has 0 saturated heterocycles. The first-order valence-corrected chi connectivity index (χ1v) is 4.98. The van der Waals surface area contributed by atoms with Gasteiger partial charge in [0, 0.05) is 36.8 Å². The van der Waals surface area contributed by atoms with Gasteiger partial charge >= 0.3 is 0 Å². The van der Waals surface area contributed by atoms with Crippen molar-refractivity contribution >= 4 is 17.3 Å². The van der Waals surface area contributed by atoms with E-state index in [2.05, 4.69) is 10.6 Å². The molecule has 0 saturated carbocycles. The molecule has 15 heavy (non-hydrogen) atoms. The van der Waals surface area contributed by atoms with Crippen LogP contribution in [0.4, 0.5) is 11.4 Å². The number of rotatable bonds is 1. The van der Waals surface area contributed by atoms with E-state index in [0.29, 0.717) is 13.0 Å². The summed E-state index contributed by atoms with van der Waals surface area (Å²) in [4.78, 5) is 11.0.